The number of carbonyl (C=O) groups excluding carboxylic acids is 1. The summed E-state index contributed by atoms with van der Waals surface area (Å²) < 4.78 is 25.9. The van der Waals surface area contributed by atoms with E-state index in [2.05, 4.69) is 17.0 Å². The molecule has 2 aromatic rings. The highest BCUT2D eigenvalue weighted by atomic mass is 35.5. The van der Waals surface area contributed by atoms with Crippen molar-refractivity contribution in [2.24, 2.45) is 0 Å². The van der Waals surface area contributed by atoms with Gasteiger partial charge in [0.1, 0.15) is 0 Å². The van der Waals surface area contributed by atoms with Crippen molar-refractivity contribution in [2.45, 2.75) is 38.6 Å². The Hall–Kier alpha value is -1.89. The van der Waals surface area contributed by atoms with Crippen molar-refractivity contribution >= 4 is 33.2 Å². The fourth-order valence-corrected chi connectivity index (χ4v) is 3.58. The Morgan fingerprint density at radius 2 is 1.70 bits per heavy atom. The molecule has 0 saturated heterocycles. The summed E-state index contributed by atoms with van der Waals surface area (Å²) in [5.41, 5.74) is 2.59. The Bertz CT molecular complexity index is 850. The number of aryl methyl sites for hydroxylation is 1. The summed E-state index contributed by atoms with van der Waals surface area (Å²) in [5, 5.41) is 3.37. The minimum atomic E-state index is -3.48. The van der Waals surface area contributed by atoms with Gasteiger partial charge in [-0.3, -0.25) is 4.79 Å². The quantitative estimate of drug-likeness (QED) is 0.649. The maximum absolute atomic E-state index is 12.4. The molecule has 2 N–H and O–H groups in total. The van der Waals surface area contributed by atoms with Gasteiger partial charge in [-0.25, -0.2) is 13.1 Å². The lowest BCUT2D eigenvalue weighted by Crippen LogP contribution is -2.30. The van der Waals surface area contributed by atoms with Crippen molar-refractivity contribution < 1.29 is 13.2 Å². The van der Waals surface area contributed by atoms with E-state index in [9.17, 15) is 13.2 Å². The average molecular weight is 409 g/mol. The Balaban J connectivity index is 2.05. The zero-order valence-corrected chi connectivity index (χ0v) is 17.1. The Labute approximate surface area is 166 Å². The molecule has 1 amide bonds. The van der Waals surface area contributed by atoms with E-state index in [0.29, 0.717) is 16.3 Å². The van der Waals surface area contributed by atoms with Gasteiger partial charge in [0.15, 0.2) is 0 Å². The van der Waals surface area contributed by atoms with Crippen molar-refractivity contribution in [3.8, 4) is 0 Å². The number of unbranched alkanes of at least 4 members (excludes halogenated alkanes) is 1. The second-order valence-electron chi connectivity index (χ2n) is 6.55. The van der Waals surface area contributed by atoms with Gasteiger partial charge in [-0.05, 0) is 48.2 Å². The SMILES string of the molecule is CCCCc1ccc(NC(=O)C[C@@H](NS(C)(=O)=O)c2ccc(Cl)cc2)cc1. The number of amides is 1. The van der Waals surface area contributed by atoms with Crippen molar-refractivity contribution in [1.29, 1.82) is 0 Å². The topological polar surface area (TPSA) is 75.3 Å². The maximum atomic E-state index is 12.4. The summed E-state index contributed by atoms with van der Waals surface area (Å²) in [6.45, 7) is 2.15. The number of carbonyl (C=O) groups is 1. The molecule has 0 fully saturated rings. The molecule has 0 aliphatic rings. The van der Waals surface area contributed by atoms with Crippen LogP contribution >= 0.6 is 11.6 Å². The van der Waals surface area contributed by atoms with Crippen molar-refractivity contribution in [3.05, 3.63) is 64.7 Å². The summed E-state index contributed by atoms with van der Waals surface area (Å²) in [4.78, 5) is 12.4. The van der Waals surface area contributed by atoms with E-state index < -0.39 is 16.1 Å². The Kier molecular flexibility index (Phi) is 7.83. The zero-order chi connectivity index (χ0) is 19.9. The number of rotatable bonds is 9. The summed E-state index contributed by atoms with van der Waals surface area (Å²) in [6, 6.07) is 13.8. The van der Waals surface area contributed by atoms with Gasteiger partial charge in [0, 0.05) is 17.1 Å². The van der Waals surface area contributed by atoms with Crippen LogP contribution in [0.3, 0.4) is 0 Å². The van der Waals surface area contributed by atoms with Crippen LogP contribution in [-0.2, 0) is 21.2 Å². The second-order valence-corrected chi connectivity index (χ2v) is 8.76. The molecule has 5 nitrogen and oxygen atoms in total. The molecule has 0 aliphatic heterocycles. The molecule has 7 heteroatoms. The van der Waals surface area contributed by atoms with E-state index in [1.165, 1.54) is 5.56 Å². The standard InChI is InChI=1S/C20H25ClN2O3S/c1-3-4-5-15-6-12-18(13-7-15)22-20(24)14-19(23-27(2,25)26)16-8-10-17(21)11-9-16/h6-13,19,23H,3-5,14H2,1-2H3,(H,22,24)/t19-/m1/s1. The van der Waals surface area contributed by atoms with Crippen LogP contribution in [0, 0.1) is 0 Å². The normalized spacial score (nSPS) is 12.6. The third-order valence-corrected chi connectivity index (χ3v) is 5.04. The molecule has 0 aliphatic carbocycles. The van der Waals surface area contributed by atoms with E-state index in [4.69, 9.17) is 11.6 Å². The van der Waals surface area contributed by atoms with Crippen LogP contribution in [0.5, 0.6) is 0 Å². The fraction of sp³-hybridized carbons (Fsp3) is 0.350. The molecular weight excluding hydrogens is 384 g/mol. The molecule has 0 bridgehead atoms. The van der Waals surface area contributed by atoms with Gasteiger partial charge >= 0.3 is 0 Å². The van der Waals surface area contributed by atoms with Crippen molar-refractivity contribution in [1.82, 2.24) is 4.72 Å². The summed E-state index contributed by atoms with van der Waals surface area (Å²) >= 11 is 5.89. The van der Waals surface area contributed by atoms with E-state index in [0.717, 1.165) is 25.5 Å². The number of sulfonamides is 1. The third-order valence-electron chi connectivity index (χ3n) is 4.07. The third kappa shape index (κ3) is 7.71. The van der Waals surface area contributed by atoms with Gasteiger partial charge in [0.05, 0.1) is 12.3 Å². The molecule has 0 unspecified atom stereocenters. The highest BCUT2D eigenvalue weighted by Crippen LogP contribution is 2.21. The van der Waals surface area contributed by atoms with Crippen LogP contribution in [-0.4, -0.2) is 20.6 Å². The number of benzene rings is 2. The molecule has 0 aromatic heterocycles. The molecule has 2 rings (SSSR count). The van der Waals surface area contributed by atoms with Crippen LogP contribution in [0.25, 0.3) is 0 Å². The second kappa shape index (κ2) is 9.88. The molecule has 146 valence electrons. The minimum Gasteiger partial charge on any atom is -0.326 e. The van der Waals surface area contributed by atoms with E-state index in [1.807, 2.05) is 24.3 Å². The van der Waals surface area contributed by atoms with Crippen molar-refractivity contribution in [3.63, 3.8) is 0 Å². The first-order valence-corrected chi connectivity index (χ1v) is 11.2. The first-order chi connectivity index (χ1) is 12.8. The Morgan fingerprint density at radius 1 is 1.07 bits per heavy atom. The van der Waals surface area contributed by atoms with Crippen LogP contribution in [0.1, 0.15) is 43.4 Å². The number of hydrogen-bond donors (Lipinski definition) is 2. The zero-order valence-electron chi connectivity index (χ0n) is 15.5. The summed E-state index contributed by atoms with van der Waals surface area (Å²) in [6.07, 6.45) is 4.33. The lowest BCUT2D eigenvalue weighted by molar-refractivity contribution is -0.116. The highest BCUT2D eigenvalue weighted by Gasteiger charge is 2.20. The number of hydrogen-bond acceptors (Lipinski definition) is 3. The monoisotopic (exact) mass is 408 g/mol. The van der Waals surface area contributed by atoms with Gasteiger partial charge in [-0.15, -0.1) is 0 Å². The molecular formula is C20H25ClN2O3S. The lowest BCUT2D eigenvalue weighted by atomic mass is 10.0. The molecule has 0 spiro atoms. The highest BCUT2D eigenvalue weighted by molar-refractivity contribution is 7.88. The van der Waals surface area contributed by atoms with Crippen LogP contribution in [0.2, 0.25) is 5.02 Å². The van der Waals surface area contributed by atoms with E-state index in [1.54, 1.807) is 24.3 Å². The molecule has 1 atom stereocenters. The summed E-state index contributed by atoms with van der Waals surface area (Å²) in [7, 11) is -3.48. The Morgan fingerprint density at radius 3 is 2.26 bits per heavy atom. The lowest BCUT2D eigenvalue weighted by Gasteiger charge is -2.18. The largest absolute Gasteiger partial charge is 0.326 e. The molecule has 27 heavy (non-hydrogen) atoms. The van der Waals surface area contributed by atoms with Crippen LogP contribution in [0.15, 0.2) is 48.5 Å². The van der Waals surface area contributed by atoms with E-state index >= 15 is 0 Å². The van der Waals surface area contributed by atoms with Gasteiger partial charge in [-0.1, -0.05) is 49.2 Å². The molecule has 0 saturated carbocycles. The van der Waals surface area contributed by atoms with E-state index in [-0.39, 0.29) is 12.3 Å². The fourth-order valence-electron chi connectivity index (χ4n) is 2.71. The predicted octanol–water partition coefficient (Wildman–Crippen LogP) is 4.30. The number of halogens is 1. The van der Waals surface area contributed by atoms with Gasteiger partial charge in [-0.2, -0.15) is 0 Å². The smallest absolute Gasteiger partial charge is 0.226 e. The van der Waals surface area contributed by atoms with Crippen LogP contribution in [0.4, 0.5) is 5.69 Å². The van der Waals surface area contributed by atoms with Crippen LogP contribution < -0.4 is 10.0 Å². The molecule has 2 aromatic carbocycles. The van der Waals surface area contributed by atoms with Gasteiger partial charge < -0.3 is 5.32 Å². The average Bonchev–Trinajstić information content (AvgIpc) is 2.60. The number of nitrogens with one attached hydrogen (secondary N) is 2. The number of anilines is 1. The first-order valence-electron chi connectivity index (χ1n) is 8.88. The van der Waals surface area contributed by atoms with Gasteiger partial charge in [0.2, 0.25) is 15.9 Å². The molecule has 0 radical (unpaired) electrons. The minimum absolute atomic E-state index is 0.0215. The maximum Gasteiger partial charge on any atom is 0.226 e. The molecule has 0 heterocycles. The first kappa shape index (κ1) is 21.4. The predicted molar refractivity (Wildman–Crippen MR) is 110 cm³/mol. The van der Waals surface area contributed by atoms with Gasteiger partial charge in [0.25, 0.3) is 0 Å². The van der Waals surface area contributed by atoms with Crippen molar-refractivity contribution in [2.75, 3.05) is 11.6 Å². The summed E-state index contributed by atoms with van der Waals surface area (Å²) in [5.74, 6) is -0.271.